The summed E-state index contributed by atoms with van der Waals surface area (Å²) < 4.78 is 1.66. The minimum Gasteiger partial charge on any atom is -0.397 e. The van der Waals surface area contributed by atoms with Crippen LogP contribution in [0.4, 0.5) is 5.69 Å². The zero-order valence-electron chi connectivity index (χ0n) is 7.84. The van der Waals surface area contributed by atoms with Crippen LogP contribution in [0.2, 0.25) is 0 Å². The van der Waals surface area contributed by atoms with Gasteiger partial charge in [-0.1, -0.05) is 11.3 Å². The number of fused-ring (bicyclic) bond motifs is 1. The van der Waals surface area contributed by atoms with Gasteiger partial charge in [0.1, 0.15) is 6.33 Å². The lowest BCUT2D eigenvalue weighted by molar-refractivity contribution is 0.961. The summed E-state index contributed by atoms with van der Waals surface area (Å²) >= 11 is 3.10. The molecular formula is C8H7N5S2. The number of rotatable bonds is 1. The lowest BCUT2D eigenvalue weighted by Gasteiger charge is -1.92. The fourth-order valence-electron chi connectivity index (χ4n) is 1.27. The predicted molar refractivity (Wildman–Crippen MR) is 61.1 cm³/mol. The van der Waals surface area contributed by atoms with Crippen molar-refractivity contribution in [3.8, 4) is 9.88 Å². The zero-order chi connectivity index (χ0) is 10.4. The van der Waals surface area contributed by atoms with Crippen molar-refractivity contribution in [1.82, 2.24) is 19.8 Å². The Balaban J connectivity index is 2.21. The molecule has 0 atom stereocenters. The maximum atomic E-state index is 5.96. The minimum absolute atomic E-state index is 0.787. The molecular weight excluding hydrogens is 230 g/mol. The van der Waals surface area contributed by atoms with Crippen LogP contribution in [0.1, 0.15) is 5.56 Å². The van der Waals surface area contributed by atoms with Crippen LogP contribution in [0.5, 0.6) is 0 Å². The van der Waals surface area contributed by atoms with Gasteiger partial charge in [0, 0.05) is 0 Å². The Morgan fingerprint density at radius 1 is 1.47 bits per heavy atom. The van der Waals surface area contributed by atoms with Gasteiger partial charge in [0.25, 0.3) is 0 Å². The second-order valence-electron chi connectivity index (χ2n) is 3.13. The normalized spacial score (nSPS) is 11.3. The molecule has 15 heavy (non-hydrogen) atoms. The van der Waals surface area contributed by atoms with Crippen LogP contribution >= 0.6 is 22.7 Å². The first-order valence-electron chi connectivity index (χ1n) is 4.26. The Bertz CT molecular complexity index is 591. The van der Waals surface area contributed by atoms with Crippen molar-refractivity contribution in [3.63, 3.8) is 0 Å². The third kappa shape index (κ3) is 1.24. The number of nitrogens with zero attached hydrogens (tertiary/aromatic N) is 4. The number of nitrogen functional groups attached to an aromatic ring is 1. The van der Waals surface area contributed by atoms with Crippen molar-refractivity contribution in [3.05, 3.63) is 17.3 Å². The van der Waals surface area contributed by atoms with Gasteiger partial charge < -0.3 is 5.73 Å². The molecule has 0 bridgehead atoms. The van der Waals surface area contributed by atoms with E-state index in [0.29, 0.717) is 0 Å². The minimum atomic E-state index is 0.787. The number of nitrogens with two attached hydrogens (primary N) is 1. The van der Waals surface area contributed by atoms with E-state index in [4.69, 9.17) is 5.73 Å². The van der Waals surface area contributed by atoms with Crippen LogP contribution in [0.3, 0.4) is 0 Å². The summed E-state index contributed by atoms with van der Waals surface area (Å²) in [6.07, 6.45) is 1.59. The Kier molecular flexibility index (Phi) is 1.77. The Hall–Kier alpha value is -1.47. The van der Waals surface area contributed by atoms with E-state index in [1.54, 1.807) is 22.2 Å². The van der Waals surface area contributed by atoms with Crippen molar-refractivity contribution < 1.29 is 0 Å². The Labute approximate surface area is 93.2 Å². The lowest BCUT2D eigenvalue weighted by Crippen LogP contribution is -1.87. The van der Waals surface area contributed by atoms with Gasteiger partial charge in [-0.25, -0.2) is 0 Å². The molecule has 3 aromatic heterocycles. The molecule has 3 aromatic rings. The fraction of sp³-hybridized carbons (Fsp3) is 0.125. The molecule has 0 aliphatic rings. The van der Waals surface area contributed by atoms with Gasteiger partial charge in [0.05, 0.1) is 10.6 Å². The highest BCUT2D eigenvalue weighted by atomic mass is 32.1. The highest BCUT2D eigenvalue weighted by molar-refractivity contribution is 7.24. The average molecular weight is 237 g/mol. The van der Waals surface area contributed by atoms with Gasteiger partial charge in [-0.3, -0.25) is 0 Å². The first-order valence-corrected chi connectivity index (χ1v) is 5.96. The van der Waals surface area contributed by atoms with Crippen molar-refractivity contribution >= 4 is 33.3 Å². The summed E-state index contributed by atoms with van der Waals surface area (Å²) in [6.45, 7) is 2.00. The van der Waals surface area contributed by atoms with Crippen LogP contribution in [0.15, 0.2) is 11.7 Å². The Morgan fingerprint density at radius 3 is 3.00 bits per heavy atom. The summed E-state index contributed by atoms with van der Waals surface area (Å²) in [6, 6.07) is 0. The third-order valence-electron chi connectivity index (χ3n) is 2.10. The van der Waals surface area contributed by atoms with Crippen molar-refractivity contribution in [1.29, 1.82) is 0 Å². The Morgan fingerprint density at radius 2 is 2.33 bits per heavy atom. The highest BCUT2D eigenvalue weighted by Gasteiger charge is 2.13. The van der Waals surface area contributed by atoms with E-state index < -0.39 is 0 Å². The maximum absolute atomic E-state index is 5.96. The molecule has 76 valence electrons. The standard InChI is InChI=1S/C8H7N5S2/c1-4-2-14-6(5(4)9)7-12-13-3-10-11-8(13)15-7/h2-3H,9H2,1H3. The third-order valence-corrected chi connectivity index (χ3v) is 4.28. The molecule has 0 spiro atoms. The van der Waals surface area contributed by atoms with Crippen LogP contribution < -0.4 is 5.73 Å². The van der Waals surface area contributed by atoms with Gasteiger partial charge in [-0.05, 0) is 17.9 Å². The number of hydrogen-bond donors (Lipinski definition) is 1. The van der Waals surface area contributed by atoms with Crippen molar-refractivity contribution in [2.45, 2.75) is 6.92 Å². The number of anilines is 1. The van der Waals surface area contributed by atoms with E-state index in [2.05, 4.69) is 15.3 Å². The molecule has 0 aliphatic carbocycles. The first kappa shape index (κ1) is 8.81. The van der Waals surface area contributed by atoms with Gasteiger partial charge in [0.15, 0.2) is 5.01 Å². The van der Waals surface area contributed by atoms with Gasteiger partial charge in [-0.15, -0.1) is 21.5 Å². The largest absolute Gasteiger partial charge is 0.397 e. The molecule has 0 amide bonds. The van der Waals surface area contributed by atoms with E-state index in [1.807, 2.05) is 12.3 Å². The molecule has 0 aliphatic heterocycles. The lowest BCUT2D eigenvalue weighted by atomic mass is 10.3. The molecule has 0 saturated carbocycles. The molecule has 0 fully saturated rings. The molecule has 5 nitrogen and oxygen atoms in total. The molecule has 0 aromatic carbocycles. The van der Waals surface area contributed by atoms with Crippen LogP contribution in [0.25, 0.3) is 14.8 Å². The molecule has 0 saturated heterocycles. The van der Waals surface area contributed by atoms with Gasteiger partial charge in [-0.2, -0.15) is 9.61 Å². The smallest absolute Gasteiger partial charge is 0.234 e. The number of aromatic nitrogens is 4. The van der Waals surface area contributed by atoms with Gasteiger partial charge in [0.2, 0.25) is 4.96 Å². The van der Waals surface area contributed by atoms with Crippen molar-refractivity contribution in [2.75, 3.05) is 5.73 Å². The zero-order valence-corrected chi connectivity index (χ0v) is 9.47. The monoisotopic (exact) mass is 237 g/mol. The first-order chi connectivity index (χ1) is 7.25. The number of hydrogen-bond acceptors (Lipinski definition) is 6. The van der Waals surface area contributed by atoms with E-state index in [0.717, 1.165) is 26.1 Å². The second-order valence-corrected chi connectivity index (χ2v) is 4.96. The van der Waals surface area contributed by atoms with Crippen LogP contribution in [-0.4, -0.2) is 19.8 Å². The van der Waals surface area contributed by atoms with E-state index in [1.165, 1.54) is 11.3 Å². The number of thiophene rings is 1. The summed E-state index contributed by atoms with van der Waals surface area (Å²) in [4.78, 5) is 1.80. The van der Waals surface area contributed by atoms with Gasteiger partial charge >= 0.3 is 0 Å². The molecule has 3 heterocycles. The summed E-state index contributed by atoms with van der Waals surface area (Å²) in [5.41, 5.74) is 7.87. The summed E-state index contributed by atoms with van der Waals surface area (Å²) in [5.74, 6) is 0. The molecule has 0 radical (unpaired) electrons. The van der Waals surface area contributed by atoms with Crippen LogP contribution in [-0.2, 0) is 0 Å². The van der Waals surface area contributed by atoms with E-state index in [-0.39, 0.29) is 0 Å². The average Bonchev–Trinajstić information content (AvgIpc) is 2.82. The van der Waals surface area contributed by atoms with E-state index >= 15 is 0 Å². The molecule has 2 N–H and O–H groups in total. The maximum Gasteiger partial charge on any atom is 0.234 e. The summed E-state index contributed by atoms with van der Waals surface area (Å²) in [5, 5.41) is 15.0. The predicted octanol–water partition coefficient (Wildman–Crippen LogP) is 1.80. The molecule has 7 heteroatoms. The highest BCUT2D eigenvalue weighted by Crippen LogP contribution is 2.36. The SMILES string of the molecule is Cc1csc(-c2nn3cnnc3s2)c1N. The summed E-state index contributed by atoms with van der Waals surface area (Å²) in [7, 11) is 0. The fourth-order valence-corrected chi connectivity index (χ4v) is 3.16. The topological polar surface area (TPSA) is 69.1 Å². The quantitative estimate of drug-likeness (QED) is 0.700. The van der Waals surface area contributed by atoms with E-state index in [9.17, 15) is 0 Å². The molecule has 3 rings (SSSR count). The van der Waals surface area contributed by atoms with Crippen LogP contribution in [0, 0.1) is 6.92 Å². The number of aryl methyl sites for hydroxylation is 1. The second kappa shape index (κ2) is 3.01. The molecule has 0 unspecified atom stereocenters. The van der Waals surface area contributed by atoms with Crippen molar-refractivity contribution in [2.24, 2.45) is 0 Å².